The van der Waals surface area contributed by atoms with E-state index in [9.17, 15) is 13.2 Å². The Kier molecular flexibility index (Phi) is 5.67. The van der Waals surface area contributed by atoms with Crippen molar-refractivity contribution in [3.8, 4) is 0 Å². The summed E-state index contributed by atoms with van der Waals surface area (Å²) >= 11 is 0. The van der Waals surface area contributed by atoms with E-state index in [4.69, 9.17) is 0 Å². The fraction of sp³-hybridized carbons (Fsp3) is 0.381. The SMILES string of the molecule is CCN(CC)C(=O)c1ccc(S(=O)(=O)NCC2(c3ccccc3)CC2)cc1. The third-order valence-corrected chi connectivity index (χ3v) is 6.72. The van der Waals surface area contributed by atoms with Crippen LogP contribution in [0, 0.1) is 0 Å². The quantitative estimate of drug-likeness (QED) is 0.758. The molecule has 2 aromatic rings. The van der Waals surface area contributed by atoms with Crippen molar-refractivity contribution in [1.29, 1.82) is 0 Å². The molecule has 0 radical (unpaired) electrons. The van der Waals surface area contributed by atoms with Crippen LogP contribution in [-0.2, 0) is 15.4 Å². The maximum atomic E-state index is 12.7. The second-order valence-corrected chi connectivity index (χ2v) is 8.74. The van der Waals surface area contributed by atoms with Crippen LogP contribution in [0.4, 0.5) is 0 Å². The van der Waals surface area contributed by atoms with Gasteiger partial charge in [0.05, 0.1) is 4.90 Å². The Balaban J connectivity index is 1.70. The first-order valence-corrected chi connectivity index (χ1v) is 10.8. The van der Waals surface area contributed by atoms with Gasteiger partial charge in [-0.1, -0.05) is 30.3 Å². The second-order valence-electron chi connectivity index (χ2n) is 6.97. The maximum Gasteiger partial charge on any atom is 0.253 e. The van der Waals surface area contributed by atoms with E-state index in [1.54, 1.807) is 17.0 Å². The average Bonchev–Trinajstić information content (AvgIpc) is 3.49. The Morgan fingerprint density at radius 2 is 1.59 bits per heavy atom. The first-order chi connectivity index (χ1) is 12.9. The van der Waals surface area contributed by atoms with Crippen LogP contribution < -0.4 is 4.72 Å². The molecule has 27 heavy (non-hydrogen) atoms. The van der Waals surface area contributed by atoms with Crippen LogP contribution in [0.3, 0.4) is 0 Å². The highest BCUT2D eigenvalue weighted by Crippen LogP contribution is 2.47. The van der Waals surface area contributed by atoms with Crippen molar-refractivity contribution in [1.82, 2.24) is 9.62 Å². The summed E-state index contributed by atoms with van der Waals surface area (Å²) in [4.78, 5) is 14.2. The van der Waals surface area contributed by atoms with Crippen LogP contribution in [0.5, 0.6) is 0 Å². The van der Waals surface area contributed by atoms with Gasteiger partial charge in [0.2, 0.25) is 10.0 Å². The molecule has 1 amide bonds. The summed E-state index contributed by atoms with van der Waals surface area (Å²) in [7, 11) is -3.61. The lowest BCUT2D eigenvalue weighted by atomic mass is 9.96. The fourth-order valence-electron chi connectivity index (χ4n) is 3.30. The molecule has 0 unspecified atom stereocenters. The third kappa shape index (κ3) is 4.22. The molecule has 0 bridgehead atoms. The van der Waals surface area contributed by atoms with E-state index in [-0.39, 0.29) is 16.2 Å². The summed E-state index contributed by atoms with van der Waals surface area (Å²) in [6.45, 7) is 5.48. The number of carbonyl (C=O) groups excluding carboxylic acids is 1. The van der Waals surface area contributed by atoms with Gasteiger partial charge in [-0.15, -0.1) is 0 Å². The molecule has 1 N–H and O–H groups in total. The lowest BCUT2D eigenvalue weighted by Crippen LogP contribution is -2.32. The topological polar surface area (TPSA) is 66.5 Å². The van der Waals surface area contributed by atoms with Crippen molar-refractivity contribution in [2.24, 2.45) is 0 Å². The Bertz CT molecular complexity index is 885. The minimum atomic E-state index is -3.61. The van der Waals surface area contributed by atoms with Gasteiger partial charge < -0.3 is 4.90 Å². The van der Waals surface area contributed by atoms with Crippen molar-refractivity contribution < 1.29 is 13.2 Å². The molecule has 0 aliphatic heterocycles. The lowest BCUT2D eigenvalue weighted by Gasteiger charge is -2.19. The van der Waals surface area contributed by atoms with Crippen LogP contribution in [0.2, 0.25) is 0 Å². The second kappa shape index (κ2) is 7.82. The largest absolute Gasteiger partial charge is 0.339 e. The number of benzene rings is 2. The highest BCUT2D eigenvalue weighted by atomic mass is 32.2. The molecular formula is C21H26N2O3S. The van der Waals surface area contributed by atoms with E-state index in [0.29, 0.717) is 25.2 Å². The smallest absolute Gasteiger partial charge is 0.253 e. The molecule has 1 aliphatic carbocycles. The van der Waals surface area contributed by atoms with Gasteiger partial charge in [0, 0.05) is 30.6 Å². The van der Waals surface area contributed by atoms with E-state index in [1.165, 1.54) is 17.7 Å². The summed E-state index contributed by atoms with van der Waals surface area (Å²) in [5, 5.41) is 0. The maximum absolute atomic E-state index is 12.7. The van der Waals surface area contributed by atoms with Gasteiger partial charge in [-0.3, -0.25) is 4.79 Å². The summed E-state index contributed by atoms with van der Waals surface area (Å²) in [6, 6.07) is 16.2. The Hall–Kier alpha value is -2.18. The van der Waals surface area contributed by atoms with Crippen LogP contribution in [0.1, 0.15) is 42.6 Å². The van der Waals surface area contributed by atoms with Crippen molar-refractivity contribution in [3.63, 3.8) is 0 Å². The zero-order valence-corrected chi connectivity index (χ0v) is 16.6. The number of hydrogen-bond acceptors (Lipinski definition) is 3. The summed E-state index contributed by atoms with van der Waals surface area (Å²) in [5.41, 5.74) is 1.58. The van der Waals surface area contributed by atoms with Crippen molar-refractivity contribution >= 4 is 15.9 Å². The summed E-state index contributed by atoms with van der Waals surface area (Å²) < 4.78 is 28.1. The molecule has 0 spiro atoms. The van der Waals surface area contributed by atoms with E-state index in [2.05, 4.69) is 16.9 Å². The van der Waals surface area contributed by atoms with Crippen LogP contribution >= 0.6 is 0 Å². The molecule has 1 aliphatic rings. The van der Waals surface area contributed by atoms with E-state index >= 15 is 0 Å². The Morgan fingerprint density at radius 3 is 2.11 bits per heavy atom. The minimum absolute atomic E-state index is 0.0853. The number of hydrogen-bond donors (Lipinski definition) is 1. The predicted molar refractivity (Wildman–Crippen MR) is 106 cm³/mol. The number of amides is 1. The lowest BCUT2D eigenvalue weighted by molar-refractivity contribution is 0.0773. The minimum Gasteiger partial charge on any atom is -0.339 e. The van der Waals surface area contributed by atoms with Gasteiger partial charge >= 0.3 is 0 Å². The summed E-state index contributed by atoms with van der Waals surface area (Å²) in [5.74, 6) is -0.0853. The van der Waals surface area contributed by atoms with E-state index < -0.39 is 10.0 Å². The first kappa shape index (κ1) is 19.6. The Labute approximate surface area is 161 Å². The van der Waals surface area contributed by atoms with Crippen LogP contribution in [0.25, 0.3) is 0 Å². The normalized spacial score (nSPS) is 15.3. The number of sulfonamides is 1. The van der Waals surface area contributed by atoms with Crippen LogP contribution in [-0.4, -0.2) is 38.9 Å². The van der Waals surface area contributed by atoms with Gasteiger partial charge in [-0.25, -0.2) is 13.1 Å². The molecule has 144 valence electrons. The van der Waals surface area contributed by atoms with Gasteiger partial charge in [-0.05, 0) is 56.5 Å². The number of carbonyl (C=O) groups is 1. The molecule has 2 aromatic carbocycles. The van der Waals surface area contributed by atoms with Gasteiger partial charge in [0.25, 0.3) is 5.91 Å². The third-order valence-electron chi connectivity index (χ3n) is 5.30. The molecule has 1 fully saturated rings. The zero-order chi connectivity index (χ0) is 19.5. The van der Waals surface area contributed by atoms with Crippen molar-refractivity contribution in [2.45, 2.75) is 37.0 Å². The van der Waals surface area contributed by atoms with Crippen molar-refractivity contribution in [3.05, 3.63) is 65.7 Å². The fourth-order valence-corrected chi connectivity index (χ4v) is 4.42. The van der Waals surface area contributed by atoms with Gasteiger partial charge in [-0.2, -0.15) is 0 Å². The van der Waals surface area contributed by atoms with Gasteiger partial charge in [0.15, 0.2) is 0 Å². The highest BCUT2D eigenvalue weighted by molar-refractivity contribution is 7.89. The molecule has 1 saturated carbocycles. The van der Waals surface area contributed by atoms with Crippen molar-refractivity contribution in [2.75, 3.05) is 19.6 Å². The molecular weight excluding hydrogens is 360 g/mol. The average molecular weight is 387 g/mol. The molecule has 6 heteroatoms. The number of nitrogens with zero attached hydrogens (tertiary/aromatic N) is 1. The molecule has 0 saturated heterocycles. The monoisotopic (exact) mass is 386 g/mol. The first-order valence-electron chi connectivity index (χ1n) is 9.36. The molecule has 3 rings (SSSR count). The van der Waals surface area contributed by atoms with E-state index in [1.807, 2.05) is 32.0 Å². The van der Waals surface area contributed by atoms with Gasteiger partial charge in [0.1, 0.15) is 0 Å². The van der Waals surface area contributed by atoms with E-state index in [0.717, 1.165) is 12.8 Å². The zero-order valence-electron chi connectivity index (χ0n) is 15.8. The molecule has 0 atom stereocenters. The summed E-state index contributed by atoms with van der Waals surface area (Å²) in [6.07, 6.45) is 1.97. The number of rotatable bonds is 8. The molecule has 5 nitrogen and oxygen atoms in total. The Morgan fingerprint density at radius 1 is 1.00 bits per heavy atom. The number of nitrogens with one attached hydrogen (secondary N) is 1. The highest BCUT2D eigenvalue weighted by Gasteiger charge is 2.44. The molecule has 0 heterocycles. The standard InChI is InChI=1S/C21H26N2O3S/c1-3-23(4-2)20(24)17-10-12-19(13-11-17)27(25,26)22-16-21(14-15-21)18-8-6-5-7-9-18/h5-13,22H,3-4,14-16H2,1-2H3. The predicted octanol–water partition coefficient (Wildman–Crippen LogP) is 3.18. The molecule has 0 aromatic heterocycles. The van der Waals surface area contributed by atoms with Crippen LogP contribution in [0.15, 0.2) is 59.5 Å².